The highest BCUT2D eigenvalue weighted by molar-refractivity contribution is 9.10. The summed E-state index contributed by atoms with van der Waals surface area (Å²) in [4.78, 5) is 2.42. The molecule has 1 saturated heterocycles. The van der Waals surface area contributed by atoms with Crippen LogP contribution in [0.15, 0.2) is 22.7 Å². The van der Waals surface area contributed by atoms with Gasteiger partial charge < -0.3 is 10.6 Å². The minimum Gasteiger partial charge on any atom is -0.381 e. The van der Waals surface area contributed by atoms with Gasteiger partial charge in [0.25, 0.3) is 0 Å². The van der Waals surface area contributed by atoms with Crippen LogP contribution in [0.25, 0.3) is 0 Å². The van der Waals surface area contributed by atoms with Gasteiger partial charge in [0.1, 0.15) is 5.82 Å². The van der Waals surface area contributed by atoms with Crippen LogP contribution in [0.5, 0.6) is 0 Å². The average molecular weight is 316 g/mol. The number of hydrogen-bond acceptors (Lipinski definition) is 3. The first-order valence-corrected chi connectivity index (χ1v) is 7.10. The molecule has 1 fully saturated rings. The van der Waals surface area contributed by atoms with Crippen molar-refractivity contribution in [3.63, 3.8) is 0 Å². The summed E-state index contributed by atoms with van der Waals surface area (Å²) in [6, 6.07) is 5.37. The number of rotatable bonds is 4. The summed E-state index contributed by atoms with van der Waals surface area (Å²) in [5, 5.41) is 6.52. The third-order valence-corrected chi connectivity index (χ3v) is 3.78. The molecule has 0 spiro atoms. The Hall–Kier alpha value is -0.650. The Morgan fingerprint density at radius 3 is 2.89 bits per heavy atom. The zero-order chi connectivity index (χ0) is 13.0. The van der Waals surface area contributed by atoms with Crippen molar-refractivity contribution >= 4 is 21.6 Å². The Bertz CT molecular complexity index is 394. The molecule has 2 rings (SSSR count). The monoisotopic (exact) mass is 315 g/mol. The summed E-state index contributed by atoms with van der Waals surface area (Å²) >= 11 is 3.35. The van der Waals surface area contributed by atoms with Gasteiger partial charge in [0, 0.05) is 43.2 Å². The maximum absolute atomic E-state index is 13.6. The Kier molecular flexibility index (Phi) is 4.97. The van der Waals surface area contributed by atoms with Gasteiger partial charge in [0.05, 0.1) is 5.69 Å². The van der Waals surface area contributed by atoms with Gasteiger partial charge in [-0.15, -0.1) is 0 Å². The molecule has 1 aliphatic heterocycles. The lowest BCUT2D eigenvalue weighted by Gasteiger charge is -2.33. The summed E-state index contributed by atoms with van der Waals surface area (Å²) < 4.78 is 14.4. The molecular weight excluding hydrogens is 297 g/mol. The molecule has 1 aliphatic rings. The zero-order valence-electron chi connectivity index (χ0n) is 10.5. The van der Waals surface area contributed by atoms with E-state index in [9.17, 15) is 4.39 Å². The van der Waals surface area contributed by atoms with E-state index in [4.69, 9.17) is 0 Å². The molecule has 1 atom stereocenters. The van der Waals surface area contributed by atoms with E-state index in [1.807, 2.05) is 0 Å². The first kappa shape index (κ1) is 13.8. The van der Waals surface area contributed by atoms with Crippen molar-refractivity contribution < 1.29 is 4.39 Å². The molecule has 0 saturated carbocycles. The number of nitrogens with zero attached hydrogens (tertiary/aromatic N) is 1. The van der Waals surface area contributed by atoms with Gasteiger partial charge in [0.15, 0.2) is 0 Å². The standard InChI is InChI=1S/C13H19BrFN3/c1-10(18-6-4-16-5-7-18)9-17-13-8-11(14)2-3-12(13)15/h2-3,8,10,16-17H,4-7,9H2,1H3. The van der Waals surface area contributed by atoms with Crippen LogP contribution in [0.2, 0.25) is 0 Å². The second-order valence-corrected chi connectivity index (χ2v) is 5.56. The van der Waals surface area contributed by atoms with Gasteiger partial charge >= 0.3 is 0 Å². The van der Waals surface area contributed by atoms with Gasteiger partial charge in [-0.1, -0.05) is 15.9 Å². The van der Waals surface area contributed by atoms with Crippen molar-refractivity contribution in [2.75, 3.05) is 38.0 Å². The third kappa shape index (κ3) is 3.67. The number of nitrogens with one attached hydrogen (secondary N) is 2. The van der Waals surface area contributed by atoms with E-state index in [2.05, 4.69) is 38.4 Å². The van der Waals surface area contributed by atoms with E-state index < -0.39 is 0 Å². The molecule has 0 radical (unpaired) electrons. The normalized spacial score (nSPS) is 18.6. The summed E-state index contributed by atoms with van der Waals surface area (Å²) in [5.41, 5.74) is 0.561. The van der Waals surface area contributed by atoms with Crippen LogP contribution >= 0.6 is 15.9 Å². The van der Waals surface area contributed by atoms with Crippen LogP contribution in [-0.4, -0.2) is 43.7 Å². The first-order chi connectivity index (χ1) is 8.66. The molecule has 0 bridgehead atoms. The molecule has 0 aromatic heterocycles. The van der Waals surface area contributed by atoms with Crippen LogP contribution in [0.3, 0.4) is 0 Å². The Morgan fingerprint density at radius 1 is 1.44 bits per heavy atom. The third-order valence-electron chi connectivity index (χ3n) is 3.29. The van der Waals surface area contributed by atoms with Gasteiger partial charge in [-0.05, 0) is 25.1 Å². The fourth-order valence-electron chi connectivity index (χ4n) is 2.14. The highest BCUT2D eigenvalue weighted by Crippen LogP contribution is 2.20. The summed E-state index contributed by atoms with van der Waals surface area (Å²) in [5.74, 6) is -0.203. The van der Waals surface area contributed by atoms with E-state index in [1.165, 1.54) is 6.07 Å². The van der Waals surface area contributed by atoms with Crippen LogP contribution in [0.1, 0.15) is 6.92 Å². The molecule has 1 unspecified atom stereocenters. The maximum Gasteiger partial charge on any atom is 0.146 e. The topological polar surface area (TPSA) is 27.3 Å². The lowest BCUT2D eigenvalue weighted by atomic mass is 10.2. The number of anilines is 1. The molecule has 1 aromatic carbocycles. The average Bonchev–Trinajstić information content (AvgIpc) is 2.40. The van der Waals surface area contributed by atoms with Crippen molar-refractivity contribution in [1.82, 2.24) is 10.2 Å². The minimum absolute atomic E-state index is 0.203. The molecule has 2 N–H and O–H groups in total. The van der Waals surface area contributed by atoms with Gasteiger partial charge in [-0.2, -0.15) is 0 Å². The quantitative estimate of drug-likeness (QED) is 0.892. The molecule has 1 aromatic rings. The van der Waals surface area contributed by atoms with Gasteiger partial charge in [0.2, 0.25) is 0 Å². The summed E-state index contributed by atoms with van der Waals surface area (Å²) in [7, 11) is 0. The van der Waals surface area contributed by atoms with Gasteiger partial charge in [-0.3, -0.25) is 4.90 Å². The smallest absolute Gasteiger partial charge is 0.146 e. The van der Waals surface area contributed by atoms with E-state index in [1.54, 1.807) is 12.1 Å². The number of halogens is 2. The van der Waals surface area contributed by atoms with E-state index >= 15 is 0 Å². The largest absolute Gasteiger partial charge is 0.381 e. The Labute approximate surface area is 116 Å². The lowest BCUT2D eigenvalue weighted by molar-refractivity contribution is 0.191. The molecule has 0 amide bonds. The van der Waals surface area contributed by atoms with Crippen molar-refractivity contribution in [3.05, 3.63) is 28.5 Å². The second kappa shape index (κ2) is 6.50. The Morgan fingerprint density at radius 2 is 2.17 bits per heavy atom. The molecule has 100 valence electrons. The summed E-state index contributed by atoms with van der Waals surface area (Å²) in [6.07, 6.45) is 0. The highest BCUT2D eigenvalue weighted by atomic mass is 79.9. The maximum atomic E-state index is 13.6. The van der Waals surface area contributed by atoms with Crippen LogP contribution < -0.4 is 10.6 Å². The molecular formula is C13H19BrFN3. The van der Waals surface area contributed by atoms with E-state index in [-0.39, 0.29) is 5.82 Å². The van der Waals surface area contributed by atoms with Gasteiger partial charge in [-0.25, -0.2) is 4.39 Å². The van der Waals surface area contributed by atoms with E-state index in [0.29, 0.717) is 11.7 Å². The lowest BCUT2D eigenvalue weighted by Crippen LogP contribution is -2.49. The van der Waals surface area contributed by atoms with Crippen LogP contribution in [0, 0.1) is 5.82 Å². The first-order valence-electron chi connectivity index (χ1n) is 6.30. The molecule has 0 aliphatic carbocycles. The van der Waals surface area contributed by atoms with Crippen molar-refractivity contribution in [2.45, 2.75) is 13.0 Å². The predicted octanol–water partition coefficient (Wildman–Crippen LogP) is 2.29. The second-order valence-electron chi connectivity index (χ2n) is 4.64. The number of benzene rings is 1. The van der Waals surface area contributed by atoms with Crippen LogP contribution in [-0.2, 0) is 0 Å². The fraction of sp³-hybridized carbons (Fsp3) is 0.538. The zero-order valence-corrected chi connectivity index (χ0v) is 12.1. The van der Waals surface area contributed by atoms with E-state index in [0.717, 1.165) is 37.2 Å². The highest BCUT2D eigenvalue weighted by Gasteiger charge is 2.16. The fourth-order valence-corrected chi connectivity index (χ4v) is 2.50. The molecule has 5 heteroatoms. The number of hydrogen-bond donors (Lipinski definition) is 2. The number of piperazine rings is 1. The predicted molar refractivity (Wildman–Crippen MR) is 76.5 cm³/mol. The molecule has 3 nitrogen and oxygen atoms in total. The summed E-state index contributed by atoms with van der Waals surface area (Å²) in [6.45, 7) is 7.13. The van der Waals surface area contributed by atoms with Crippen molar-refractivity contribution in [3.8, 4) is 0 Å². The molecule has 18 heavy (non-hydrogen) atoms. The SMILES string of the molecule is CC(CNc1cc(Br)ccc1F)N1CCNCC1. The van der Waals surface area contributed by atoms with Crippen molar-refractivity contribution in [2.24, 2.45) is 0 Å². The molecule has 1 heterocycles. The Balaban J connectivity index is 1.88. The van der Waals surface area contributed by atoms with Crippen molar-refractivity contribution in [1.29, 1.82) is 0 Å². The van der Waals surface area contributed by atoms with Crippen LogP contribution in [0.4, 0.5) is 10.1 Å². The minimum atomic E-state index is -0.203.